The van der Waals surface area contributed by atoms with E-state index in [1.807, 2.05) is 40.8 Å². The predicted octanol–water partition coefficient (Wildman–Crippen LogP) is 4.66. The Morgan fingerprint density at radius 1 is 1.10 bits per heavy atom. The lowest BCUT2D eigenvalue weighted by atomic mass is 10.2. The summed E-state index contributed by atoms with van der Waals surface area (Å²) in [4.78, 5) is 2.17. The monoisotopic (exact) mass is 303 g/mol. The van der Waals surface area contributed by atoms with Crippen LogP contribution in [0.4, 0.5) is 0 Å². The Labute approximate surface area is 127 Å². The molecule has 0 spiro atoms. The smallest absolute Gasteiger partial charge is 0.160 e. The van der Waals surface area contributed by atoms with Crippen molar-refractivity contribution in [3.8, 4) is 0 Å². The minimum Gasteiger partial charge on any atom is -0.285 e. The molecular weight excluding hydrogens is 290 g/mol. The number of fused-ring (bicyclic) bond motifs is 1. The molecule has 0 amide bonds. The molecule has 0 atom stereocenters. The molecule has 1 aromatic carbocycles. The lowest BCUT2D eigenvalue weighted by Crippen LogP contribution is -1.96. The number of benzene rings is 1. The normalized spacial score (nSPS) is 11.4. The number of hydrogen-bond donors (Lipinski definition) is 0. The maximum absolute atomic E-state index is 6.20. The molecule has 3 aromatic rings. The first kappa shape index (κ1) is 13.5. The van der Waals surface area contributed by atoms with Gasteiger partial charge in [0, 0.05) is 21.9 Å². The van der Waals surface area contributed by atoms with Gasteiger partial charge in [-0.3, -0.25) is 4.40 Å². The molecule has 3 rings (SSSR count). The molecule has 102 valence electrons. The van der Waals surface area contributed by atoms with Gasteiger partial charge in [0.1, 0.15) is 5.82 Å². The van der Waals surface area contributed by atoms with Gasteiger partial charge in [0.05, 0.1) is 5.02 Å². The fraction of sp³-hybridized carbons (Fsp3) is 0.200. The van der Waals surface area contributed by atoms with E-state index in [0.717, 1.165) is 26.3 Å². The Morgan fingerprint density at radius 2 is 1.90 bits per heavy atom. The number of nitrogens with zero attached hydrogens (tertiary/aromatic N) is 3. The van der Waals surface area contributed by atoms with Gasteiger partial charge in [0.25, 0.3) is 0 Å². The first-order chi connectivity index (χ1) is 9.65. The minimum absolute atomic E-state index is 0.338. The van der Waals surface area contributed by atoms with Crippen LogP contribution in [0.2, 0.25) is 5.02 Å². The van der Waals surface area contributed by atoms with Crippen molar-refractivity contribution in [3.63, 3.8) is 0 Å². The van der Waals surface area contributed by atoms with Gasteiger partial charge in [-0.1, -0.05) is 49.3 Å². The molecule has 0 saturated carbocycles. The van der Waals surface area contributed by atoms with Crippen LogP contribution in [0.5, 0.6) is 0 Å². The molecule has 0 bridgehead atoms. The number of pyridine rings is 1. The standard InChI is InChI=1S/C15H14ClN3S/c1-10(2)15-18-17-14-8-7-11(9-19(14)15)20-13-6-4-3-5-12(13)16/h3-10H,1-2H3. The van der Waals surface area contributed by atoms with Crippen LogP contribution in [-0.4, -0.2) is 14.6 Å². The van der Waals surface area contributed by atoms with Crippen LogP contribution in [0.15, 0.2) is 52.4 Å². The quantitative estimate of drug-likeness (QED) is 0.705. The second-order valence-electron chi connectivity index (χ2n) is 4.84. The van der Waals surface area contributed by atoms with E-state index in [0.29, 0.717) is 5.92 Å². The summed E-state index contributed by atoms with van der Waals surface area (Å²) >= 11 is 7.85. The molecule has 0 aliphatic rings. The van der Waals surface area contributed by atoms with E-state index in [9.17, 15) is 0 Å². The molecule has 0 N–H and O–H groups in total. The van der Waals surface area contributed by atoms with Crippen molar-refractivity contribution in [2.24, 2.45) is 0 Å². The molecule has 5 heteroatoms. The van der Waals surface area contributed by atoms with Gasteiger partial charge in [-0.15, -0.1) is 10.2 Å². The molecule has 2 aromatic heterocycles. The summed E-state index contributed by atoms with van der Waals surface area (Å²) in [6.45, 7) is 4.23. The zero-order chi connectivity index (χ0) is 14.1. The van der Waals surface area contributed by atoms with Crippen LogP contribution in [0.3, 0.4) is 0 Å². The fourth-order valence-corrected chi connectivity index (χ4v) is 3.11. The third-order valence-electron chi connectivity index (χ3n) is 2.98. The molecule has 0 saturated heterocycles. The maximum Gasteiger partial charge on any atom is 0.160 e. The van der Waals surface area contributed by atoms with E-state index < -0.39 is 0 Å². The number of hydrogen-bond acceptors (Lipinski definition) is 3. The van der Waals surface area contributed by atoms with Crippen molar-refractivity contribution in [2.45, 2.75) is 29.6 Å². The second kappa shape index (κ2) is 5.46. The van der Waals surface area contributed by atoms with Crippen molar-refractivity contribution in [2.75, 3.05) is 0 Å². The van der Waals surface area contributed by atoms with Crippen LogP contribution >= 0.6 is 23.4 Å². The van der Waals surface area contributed by atoms with Gasteiger partial charge in [-0.2, -0.15) is 0 Å². The maximum atomic E-state index is 6.20. The molecular formula is C15H14ClN3S. The summed E-state index contributed by atoms with van der Waals surface area (Å²) in [5.74, 6) is 1.31. The van der Waals surface area contributed by atoms with E-state index in [4.69, 9.17) is 11.6 Å². The van der Waals surface area contributed by atoms with Crippen LogP contribution in [0, 0.1) is 0 Å². The highest BCUT2D eigenvalue weighted by Gasteiger charge is 2.10. The lowest BCUT2D eigenvalue weighted by Gasteiger charge is -2.06. The molecule has 3 nitrogen and oxygen atoms in total. The highest BCUT2D eigenvalue weighted by Crippen LogP contribution is 2.33. The van der Waals surface area contributed by atoms with Gasteiger partial charge in [0.15, 0.2) is 5.65 Å². The molecule has 2 heterocycles. The van der Waals surface area contributed by atoms with Gasteiger partial charge in [0.2, 0.25) is 0 Å². The number of aromatic nitrogens is 3. The third kappa shape index (κ3) is 2.53. The summed E-state index contributed by atoms with van der Waals surface area (Å²) in [5, 5.41) is 9.19. The molecule has 0 radical (unpaired) electrons. The molecule has 20 heavy (non-hydrogen) atoms. The molecule has 0 aliphatic carbocycles. The van der Waals surface area contributed by atoms with Crippen LogP contribution in [0.1, 0.15) is 25.6 Å². The van der Waals surface area contributed by atoms with E-state index in [-0.39, 0.29) is 0 Å². The van der Waals surface area contributed by atoms with E-state index in [2.05, 4.69) is 30.2 Å². The van der Waals surface area contributed by atoms with Crippen molar-refractivity contribution < 1.29 is 0 Å². The SMILES string of the molecule is CC(C)c1nnc2ccc(Sc3ccccc3Cl)cn12. The van der Waals surface area contributed by atoms with Crippen LogP contribution < -0.4 is 0 Å². The van der Waals surface area contributed by atoms with E-state index in [1.165, 1.54) is 0 Å². The van der Waals surface area contributed by atoms with Gasteiger partial charge < -0.3 is 0 Å². The summed E-state index contributed by atoms with van der Waals surface area (Å²) in [5.41, 5.74) is 0.872. The summed E-state index contributed by atoms with van der Waals surface area (Å²) in [6.07, 6.45) is 2.07. The molecule has 0 unspecified atom stereocenters. The first-order valence-corrected chi connectivity index (χ1v) is 7.61. The highest BCUT2D eigenvalue weighted by atomic mass is 35.5. The van der Waals surface area contributed by atoms with Crippen molar-refractivity contribution >= 4 is 29.0 Å². The Kier molecular flexibility index (Phi) is 3.68. The average Bonchev–Trinajstić information content (AvgIpc) is 2.84. The van der Waals surface area contributed by atoms with Gasteiger partial charge in [-0.25, -0.2) is 0 Å². The fourth-order valence-electron chi connectivity index (χ4n) is 2.00. The second-order valence-corrected chi connectivity index (χ2v) is 6.36. The van der Waals surface area contributed by atoms with Gasteiger partial charge >= 0.3 is 0 Å². The molecule has 0 aliphatic heterocycles. The topological polar surface area (TPSA) is 30.2 Å². The summed E-state index contributed by atoms with van der Waals surface area (Å²) < 4.78 is 2.05. The first-order valence-electron chi connectivity index (χ1n) is 6.42. The van der Waals surface area contributed by atoms with Crippen LogP contribution in [-0.2, 0) is 0 Å². The van der Waals surface area contributed by atoms with E-state index in [1.54, 1.807) is 11.8 Å². The predicted molar refractivity (Wildman–Crippen MR) is 82.7 cm³/mol. The Bertz CT molecular complexity index is 752. The highest BCUT2D eigenvalue weighted by molar-refractivity contribution is 7.99. The van der Waals surface area contributed by atoms with Crippen molar-refractivity contribution in [1.29, 1.82) is 0 Å². The lowest BCUT2D eigenvalue weighted by molar-refractivity contribution is 0.756. The van der Waals surface area contributed by atoms with Crippen LogP contribution in [0.25, 0.3) is 5.65 Å². The summed E-state index contributed by atoms with van der Waals surface area (Å²) in [6, 6.07) is 11.9. The zero-order valence-corrected chi connectivity index (χ0v) is 12.8. The Balaban J connectivity index is 2.00. The Hall–Kier alpha value is -1.52. The minimum atomic E-state index is 0.338. The average molecular weight is 304 g/mol. The summed E-state index contributed by atoms with van der Waals surface area (Å²) in [7, 11) is 0. The van der Waals surface area contributed by atoms with E-state index >= 15 is 0 Å². The molecule has 0 fully saturated rings. The number of halogens is 1. The third-order valence-corrected chi connectivity index (χ3v) is 4.48. The van der Waals surface area contributed by atoms with Gasteiger partial charge in [-0.05, 0) is 24.3 Å². The van der Waals surface area contributed by atoms with Crippen molar-refractivity contribution in [1.82, 2.24) is 14.6 Å². The Morgan fingerprint density at radius 3 is 2.65 bits per heavy atom. The van der Waals surface area contributed by atoms with Crippen molar-refractivity contribution in [3.05, 3.63) is 53.4 Å². The number of rotatable bonds is 3. The largest absolute Gasteiger partial charge is 0.285 e. The zero-order valence-electron chi connectivity index (χ0n) is 11.2.